The molecule has 0 saturated carbocycles. The summed E-state index contributed by atoms with van der Waals surface area (Å²) in [5.41, 5.74) is 7.28. The van der Waals surface area contributed by atoms with Crippen LogP contribution < -0.4 is 11.1 Å². The zero-order valence-electron chi connectivity index (χ0n) is 15.6. The first-order valence-corrected chi connectivity index (χ1v) is 8.18. The number of benzene rings is 1. The Morgan fingerprint density at radius 1 is 1.35 bits per heavy atom. The lowest BCUT2D eigenvalue weighted by atomic mass is 10.0. The number of amides is 1. The van der Waals surface area contributed by atoms with Crippen LogP contribution in [0.3, 0.4) is 0 Å². The molecular formula is C20H25FN2O3. The zero-order valence-corrected chi connectivity index (χ0v) is 15.6. The number of allylic oxidation sites excluding steroid dienone is 2. The van der Waals surface area contributed by atoms with Crippen LogP contribution in [0, 0.1) is 18.7 Å². The molecule has 0 aliphatic carbocycles. The van der Waals surface area contributed by atoms with Crippen molar-refractivity contribution in [2.75, 3.05) is 13.7 Å². The molecule has 0 fully saturated rings. The minimum Gasteiger partial charge on any atom is -0.465 e. The van der Waals surface area contributed by atoms with Gasteiger partial charge in [0.2, 0.25) is 0 Å². The van der Waals surface area contributed by atoms with E-state index in [4.69, 9.17) is 5.73 Å². The largest absolute Gasteiger partial charge is 0.465 e. The molecule has 5 nitrogen and oxygen atoms in total. The van der Waals surface area contributed by atoms with Gasteiger partial charge in [0, 0.05) is 23.4 Å². The molecule has 1 aromatic rings. The summed E-state index contributed by atoms with van der Waals surface area (Å²) in [5.74, 6) is -1.18. The summed E-state index contributed by atoms with van der Waals surface area (Å²) in [5, 5.41) is 2.78. The van der Waals surface area contributed by atoms with Gasteiger partial charge in [0.1, 0.15) is 5.82 Å². The maximum absolute atomic E-state index is 14.1. The Morgan fingerprint density at radius 2 is 2.00 bits per heavy atom. The zero-order chi connectivity index (χ0) is 19.9. The highest BCUT2D eigenvalue weighted by molar-refractivity contribution is 5.96. The highest BCUT2D eigenvalue weighted by Gasteiger charge is 2.14. The Balaban J connectivity index is 3.19. The summed E-state index contributed by atoms with van der Waals surface area (Å²) >= 11 is 0. The van der Waals surface area contributed by atoms with Crippen molar-refractivity contribution in [1.82, 2.24) is 5.32 Å². The van der Waals surface area contributed by atoms with E-state index < -0.39 is 11.8 Å². The van der Waals surface area contributed by atoms with Crippen LogP contribution in [0.15, 0.2) is 42.5 Å². The second kappa shape index (κ2) is 9.56. The fourth-order valence-corrected chi connectivity index (χ4v) is 2.12. The van der Waals surface area contributed by atoms with Gasteiger partial charge in [0.25, 0.3) is 5.91 Å². The molecule has 1 rings (SSSR count). The number of hydrogen-bond acceptors (Lipinski definition) is 4. The molecule has 0 heterocycles. The number of ether oxygens (including phenoxy) is 1. The summed E-state index contributed by atoms with van der Waals surface area (Å²) in [6.45, 7) is 9.69. The third kappa shape index (κ3) is 5.58. The molecule has 1 amide bonds. The fraction of sp³-hybridized carbons (Fsp3) is 0.300. The van der Waals surface area contributed by atoms with Crippen LogP contribution in [0.2, 0.25) is 0 Å². The summed E-state index contributed by atoms with van der Waals surface area (Å²) in [6, 6.07) is 2.55. The monoisotopic (exact) mass is 360 g/mol. The van der Waals surface area contributed by atoms with Gasteiger partial charge in [-0.2, -0.15) is 0 Å². The molecule has 0 aliphatic heterocycles. The molecule has 0 aromatic heterocycles. The first-order valence-electron chi connectivity index (χ1n) is 8.18. The van der Waals surface area contributed by atoms with Crippen molar-refractivity contribution in [2.45, 2.75) is 20.8 Å². The van der Waals surface area contributed by atoms with Crippen molar-refractivity contribution in [1.29, 1.82) is 0 Å². The van der Waals surface area contributed by atoms with Crippen LogP contribution in [0.5, 0.6) is 0 Å². The van der Waals surface area contributed by atoms with E-state index >= 15 is 0 Å². The molecule has 0 unspecified atom stereocenters. The number of carbonyl (C=O) groups is 2. The molecule has 0 spiro atoms. The topological polar surface area (TPSA) is 81.4 Å². The van der Waals surface area contributed by atoms with Gasteiger partial charge in [-0.25, -0.2) is 9.18 Å². The molecule has 3 N–H and O–H groups in total. The Morgan fingerprint density at radius 3 is 2.54 bits per heavy atom. The molecule has 140 valence electrons. The van der Waals surface area contributed by atoms with Crippen molar-refractivity contribution in [3.8, 4) is 0 Å². The standard InChI is InChI=1S/C20H25FN2O3/c1-6-14(19(24)23-11-12(2)3)7-8-18(22)16-9-15(20(25)26-5)10-17(21)13(16)4/h6-10,12H,1,11,22H2,2-5H3,(H,23,24)/b14-7+,18-8-. The average Bonchev–Trinajstić information content (AvgIpc) is 2.61. The number of carbonyl (C=O) groups excluding carboxylic acids is 2. The second-order valence-corrected chi connectivity index (χ2v) is 6.17. The Kier molecular flexibility index (Phi) is 7.77. The molecule has 0 atom stereocenters. The van der Waals surface area contributed by atoms with Crippen LogP contribution in [-0.4, -0.2) is 25.5 Å². The Bertz CT molecular complexity index is 765. The minimum absolute atomic E-state index is 0.0598. The van der Waals surface area contributed by atoms with E-state index in [-0.39, 0.29) is 17.2 Å². The normalized spacial score (nSPS) is 12.1. The van der Waals surface area contributed by atoms with Crippen molar-refractivity contribution in [3.05, 3.63) is 65.0 Å². The second-order valence-electron chi connectivity index (χ2n) is 6.17. The molecule has 0 bridgehead atoms. The van der Waals surface area contributed by atoms with Gasteiger partial charge in [0.05, 0.1) is 12.7 Å². The van der Waals surface area contributed by atoms with Crippen LogP contribution in [0.25, 0.3) is 5.70 Å². The number of rotatable bonds is 7. The lowest BCUT2D eigenvalue weighted by Crippen LogP contribution is -2.28. The summed E-state index contributed by atoms with van der Waals surface area (Å²) in [4.78, 5) is 23.7. The van der Waals surface area contributed by atoms with Gasteiger partial charge in [-0.1, -0.05) is 26.5 Å². The highest BCUT2D eigenvalue weighted by atomic mass is 19.1. The first-order chi connectivity index (χ1) is 12.2. The molecule has 0 aliphatic rings. The maximum Gasteiger partial charge on any atom is 0.337 e. The summed E-state index contributed by atoms with van der Waals surface area (Å²) < 4.78 is 18.7. The Labute approximate surface area is 153 Å². The van der Waals surface area contributed by atoms with Crippen LogP contribution >= 0.6 is 0 Å². The molecule has 0 saturated heterocycles. The van der Waals surface area contributed by atoms with E-state index in [2.05, 4.69) is 16.6 Å². The number of hydrogen-bond donors (Lipinski definition) is 2. The third-order valence-electron chi connectivity index (χ3n) is 3.67. The van der Waals surface area contributed by atoms with Crippen LogP contribution in [0.1, 0.15) is 35.3 Å². The van der Waals surface area contributed by atoms with Gasteiger partial charge in [-0.3, -0.25) is 4.79 Å². The van der Waals surface area contributed by atoms with E-state index in [9.17, 15) is 14.0 Å². The lowest BCUT2D eigenvalue weighted by molar-refractivity contribution is -0.117. The van der Waals surface area contributed by atoms with Crippen LogP contribution in [-0.2, 0) is 9.53 Å². The van der Waals surface area contributed by atoms with E-state index in [1.54, 1.807) is 6.92 Å². The van der Waals surface area contributed by atoms with Gasteiger partial charge in [0.15, 0.2) is 0 Å². The minimum atomic E-state index is -0.659. The predicted octanol–water partition coefficient (Wildman–Crippen LogP) is 3.10. The van der Waals surface area contributed by atoms with Crippen molar-refractivity contribution >= 4 is 17.6 Å². The SMILES string of the molecule is C=C/C(=C\C=C(/N)c1cc(C(=O)OC)cc(F)c1C)C(=O)NCC(C)C. The van der Waals surface area contributed by atoms with Crippen molar-refractivity contribution in [2.24, 2.45) is 11.7 Å². The summed E-state index contributed by atoms with van der Waals surface area (Å²) in [6.07, 6.45) is 4.40. The van der Waals surface area contributed by atoms with E-state index in [0.29, 0.717) is 29.2 Å². The van der Waals surface area contributed by atoms with Gasteiger partial charge in [-0.15, -0.1) is 0 Å². The van der Waals surface area contributed by atoms with E-state index in [1.807, 2.05) is 13.8 Å². The number of methoxy groups -OCH3 is 1. The van der Waals surface area contributed by atoms with Crippen molar-refractivity contribution in [3.63, 3.8) is 0 Å². The predicted molar refractivity (Wildman–Crippen MR) is 101 cm³/mol. The highest BCUT2D eigenvalue weighted by Crippen LogP contribution is 2.21. The van der Waals surface area contributed by atoms with Gasteiger partial charge in [-0.05, 0) is 42.7 Å². The van der Waals surface area contributed by atoms with Gasteiger partial charge >= 0.3 is 5.97 Å². The lowest BCUT2D eigenvalue weighted by Gasteiger charge is -2.10. The first kappa shape index (κ1) is 21.2. The third-order valence-corrected chi connectivity index (χ3v) is 3.67. The van der Waals surface area contributed by atoms with Gasteiger partial charge < -0.3 is 15.8 Å². The fourth-order valence-electron chi connectivity index (χ4n) is 2.12. The van der Waals surface area contributed by atoms with Crippen LogP contribution in [0.4, 0.5) is 4.39 Å². The average molecular weight is 360 g/mol. The number of esters is 1. The summed E-state index contributed by atoms with van der Waals surface area (Å²) in [7, 11) is 1.22. The smallest absolute Gasteiger partial charge is 0.337 e. The number of halogens is 1. The van der Waals surface area contributed by atoms with E-state index in [0.717, 1.165) is 6.07 Å². The molecule has 26 heavy (non-hydrogen) atoms. The molecular weight excluding hydrogens is 335 g/mol. The maximum atomic E-state index is 14.1. The molecule has 1 aromatic carbocycles. The molecule has 6 heteroatoms. The van der Waals surface area contributed by atoms with E-state index in [1.165, 1.54) is 31.4 Å². The van der Waals surface area contributed by atoms with Crippen molar-refractivity contribution < 1.29 is 18.7 Å². The number of nitrogens with one attached hydrogen (secondary N) is 1. The number of nitrogens with two attached hydrogens (primary N) is 1. The quantitative estimate of drug-likeness (QED) is 0.445. The Hall–Kier alpha value is -2.89. The molecule has 0 radical (unpaired) electrons.